The Balaban J connectivity index is 2.54. The molecule has 1 fully saturated rings. The van der Waals surface area contributed by atoms with Gasteiger partial charge in [0.05, 0.1) is 5.54 Å². The van der Waals surface area contributed by atoms with Crippen LogP contribution in [-0.2, 0) is 4.79 Å². The van der Waals surface area contributed by atoms with Crippen molar-refractivity contribution in [2.45, 2.75) is 71.3 Å². The monoisotopic (exact) mass is 225 g/mol. The zero-order valence-corrected chi connectivity index (χ0v) is 11.1. The van der Waals surface area contributed by atoms with Gasteiger partial charge in [0.2, 0.25) is 0 Å². The Labute approximate surface area is 100 Å². The van der Waals surface area contributed by atoms with Crippen LogP contribution in [0.4, 0.5) is 0 Å². The van der Waals surface area contributed by atoms with Crippen LogP contribution in [0, 0.1) is 5.92 Å². The first-order valence-electron chi connectivity index (χ1n) is 6.93. The lowest BCUT2D eigenvalue weighted by Gasteiger charge is -2.29. The van der Waals surface area contributed by atoms with Gasteiger partial charge in [0.25, 0.3) is 0 Å². The summed E-state index contributed by atoms with van der Waals surface area (Å²) in [6, 6.07) is 0. The molecule has 16 heavy (non-hydrogen) atoms. The molecule has 1 saturated heterocycles. The summed E-state index contributed by atoms with van der Waals surface area (Å²) in [5.41, 5.74) is -0.156. The predicted octanol–water partition coefficient (Wildman–Crippen LogP) is 3.30. The Morgan fingerprint density at radius 3 is 2.62 bits per heavy atom. The fraction of sp³-hybridized carbons (Fsp3) is 0.929. The molecule has 0 spiro atoms. The summed E-state index contributed by atoms with van der Waals surface area (Å²) in [5.74, 6) is 1.02. The summed E-state index contributed by atoms with van der Waals surface area (Å²) in [5, 5.41) is 3.47. The number of ketones is 1. The van der Waals surface area contributed by atoms with Gasteiger partial charge in [0.1, 0.15) is 0 Å². The molecular weight excluding hydrogens is 198 g/mol. The molecule has 0 aliphatic carbocycles. The van der Waals surface area contributed by atoms with E-state index in [1.54, 1.807) is 0 Å². The molecule has 94 valence electrons. The molecule has 2 heteroatoms. The molecule has 1 aliphatic rings. The van der Waals surface area contributed by atoms with Gasteiger partial charge in [0.15, 0.2) is 5.78 Å². The molecular formula is C14H27NO. The van der Waals surface area contributed by atoms with Crippen LogP contribution in [-0.4, -0.2) is 17.9 Å². The largest absolute Gasteiger partial charge is 0.305 e. The Hall–Kier alpha value is -0.370. The highest BCUT2D eigenvalue weighted by atomic mass is 16.1. The molecule has 0 amide bonds. The molecule has 1 N–H and O–H groups in total. The molecule has 2 unspecified atom stereocenters. The van der Waals surface area contributed by atoms with Crippen molar-refractivity contribution in [2.24, 2.45) is 5.92 Å². The van der Waals surface area contributed by atoms with E-state index in [4.69, 9.17) is 0 Å². The molecule has 0 bridgehead atoms. The lowest BCUT2D eigenvalue weighted by molar-refractivity contribution is -0.126. The van der Waals surface area contributed by atoms with Crippen molar-refractivity contribution in [2.75, 3.05) is 6.54 Å². The highest BCUT2D eigenvalue weighted by molar-refractivity contribution is 5.88. The van der Waals surface area contributed by atoms with Gasteiger partial charge in [-0.1, -0.05) is 40.0 Å². The summed E-state index contributed by atoms with van der Waals surface area (Å²) < 4.78 is 0. The van der Waals surface area contributed by atoms with Crippen LogP contribution in [0.15, 0.2) is 0 Å². The van der Waals surface area contributed by atoms with E-state index in [2.05, 4.69) is 26.1 Å². The van der Waals surface area contributed by atoms with Crippen LogP contribution < -0.4 is 5.32 Å². The van der Waals surface area contributed by atoms with Crippen molar-refractivity contribution in [1.82, 2.24) is 5.32 Å². The third-order valence-corrected chi connectivity index (χ3v) is 3.77. The SMILES string of the molecule is CCCC(C)CC(=O)C1(CCC)CCCN1. The Kier molecular flexibility index (Phi) is 5.47. The fourth-order valence-electron chi connectivity index (χ4n) is 2.93. The summed E-state index contributed by atoms with van der Waals surface area (Å²) in [6.45, 7) is 7.59. The predicted molar refractivity (Wildman–Crippen MR) is 68.6 cm³/mol. The van der Waals surface area contributed by atoms with Crippen molar-refractivity contribution in [3.63, 3.8) is 0 Å². The number of hydrogen-bond donors (Lipinski definition) is 1. The van der Waals surface area contributed by atoms with E-state index in [9.17, 15) is 4.79 Å². The van der Waals surface area contributed by atoms with Crippen molar-refractivity contribution < 1.29 is 4.79 Å². The maximum absolute atomic E-state index is 12.4. The first-order valence-corrected chi connectivity index (χ1v) is 6.93. The molecule has 0 aromatic rings. The van der Waals surface area contributed by atoms with E-state index < -0.39 is 0 Å². The summed E-state index contributed by atoms with van der Waals surface area (Å²) >= 11 is 0. The van der Waals surface area contributed by atoms with E-state index in [0.717, 1.165) is 38.6 Å². The van der Waals surface area contributed by atoms with E-state index in [1.165, 1.54) is 12.8 Å². The number of rotatable bonds is 7. The number of hydrogen-bond acceptors (Lipinski definition) is 2. The Bertz CT molecular complexity index is 219. The molecule has 1 aliphatic heterocycles. The van der Waals surface area contributed by atoms with Crippen LogP contribution >= 0.6 is 0 Å². The molecule has 0 aromatic heterocycles. The molecule has 2 atom stereocenters. The second-order valence-corrected chi connectivity index (χ2v) is 5.38. The normalized spacial score (nSPS) is 26.9. The van der Waals surface area contributed by atoms with Gasteiger partial charge in [-0.05, 0) is 31.7 Å². The second kappa shape index (κ2) is 6.39. The molecule has 0 saturated carbocycles. The molecule has 1 heterocycles. The third-order valence-electron chi connectivity index (χ3n) is 3.77. The van der Waals surface area contributed by atoms with Crippen LogP contribution in [0.1, 0.15) is 65.7 Å². The Morgan fingerprint density at radius 2 is 2.12 bits per heavy atom. The van der Waals surface area contributed by atoms with Crippen molar-refractivity contribution in [3.05, 3.63) is 0 Å². The van der Waals surface area contributed by atoms with Crippen LogP contribution in [0.25, 0.3) is 0 Å². The van der Waals surface area contributed by atoms with Crippen LogP contribution in [0.2, 0.25) is 0 Å². The molecule has 0 radical (unpaired) electrons. The zero-order valence-electron chi connectivity index (χ0n) is 11.1. The van der Waals surface area contributed by atoms with Gasteiger partial charge in [0, 0.05) is 6.42 Å². The average Bonchev–Trinajstić information content (AvgIpc) is 2.68. The number of carbonyl (C=O) groups is 1. The van der Waals surface area contributed by atoms with Crippen molar-refractivity contribution >= 4 is 5.78 Å². The van der Waals surface area contributed by atoms with Crippen molar-refractivity contribution in [3.8, 4) is 0 Å². The summed E-state index contributed by atoms with van der Waals surface area (Å²) in [7, 11) is 0. The molecule has 1 rings (SSSR count). The first-order chi connectivity index (χ1) is 7.64. The standard InChI is InChI=1S/C14H27NO/c1-4-7-12(3)11-13(16)14(8-5-2)9-6-10-15-14/h12,15H,4-11H2,1-3H3. The lowest BCUT2D eigenvalue weighted by Crippen LogP contribution is -2.47. The van der Waals surface area contributed by atoms with E-state index >= 15 is 0 Å². The minimum Gasteiger partial charge on any atom is -0.305 e. The first kappa shape index (κ1) is 13.7. The highest BCUT2D eigenvalue weighted by Gasteiger charge is 2.39. The van der Waals surface area contributed by atoms with Crippen LogP contribution in [0.5, 0.6) is 0 Å². The van der Waals surface area contributed by atoms with Crippen molar-refractivity contribution in [1.29, 1.82) is 0 Å². The van der Waals surface area contributed by atoms with E-state index in [-0.39, 0.29) is 5.54 Å². The number of carbonyl (C=O) groups excluding carboxylic acids is 1. The third kappa shape index (κ3) is 3.31. The minimum absolute atomic E-state index is 0.156. The van der Waals surface area contributed by atoms with Gasteiger partial charge in [-0.2, -0.15) is 0 Å². The van der Waals surface area contributed by atoms with Crippen LogP contribution in [0.3, 0.4) is 0 Å². The maximum Gasteiger partial charge on any atom is 0.153 e. The lowest BCUT2D eigenvalue weighted by atomic mass is 9.82. The van der Waals surface area contributed by atoms with Gasteiger partial charge in [-0.3, -0.25) is 4.79 Å². The Morgan fingerprint density at radius 1 is 1.38 bits per heavy atom. The smallest absolute Gasteiger partial charge is 0.153 e. The quantitative estimate of drug-likeness (QED) is 0.720. The summed E-state index contributed by atoms with van der Waals surface area (Å²) in [4.78, 5) is 12.4. The van der Waals surface area contributed by atoms with Gasteiger partial charge < -0.3 is 5.32 Å². The highest BCUT2D eigenvalue weighted by Crippen LogP contribution is 2.28. The van der Waals surface area contributed by atoms with Gasteiger partial charge >= 0.3 is 0 Å². The van der Waals surface area contributed by atoms with Gasteiger partial charge in [-0.15, -0.1) is 0 Å². The van der Waals surface area contributed by atoms with Gasteiger partial charge in [-0.25, -0.2) is 0 Å². The minimum atomic E-state index is -0.156. The van der Waals surface area contributed by atoms with E-state index in [0.29, 0.717) is 11.7 Å². The summed E-state index contributed by atoms with van der Waals surface area (Å²) in [6.07, 6.45) is 7.45. The topological polar surface area (TPSA) is 29.1 Å². The molecule has 0 aromatic carbocycles. The second-order valence-electron chi connectivity index (χ2n) is 5.38. The number of nitrogens with one attached hydrogen (secondary N) is 1. The average molecular weight is 225 g/mol. The zero-order chi connectivity index (χ0) is 12.0. The maximum atomic E-state index is 12.4. The molecule has 2 nitrogen and oxygen atoms in total. The van der Waals surface area contributed by atoms with E-state index in [1.807, 2.05) is 0 Å². The fourth-order valence-corrected chi connectivity index (χ4v) is 2.93. The number of Topliss-reactive ketones (excluding diaryl/α,β-unsaturated/α-hetero) is 1.